The average molecular weight is 478 g/mol. The van der Waals surface area contributed by atoms with Gasteiger partial charge >= 0.3 is 0 Å². The molecule has 2 heterocycles. The standard InChI is InChI=1S/C25H35NO8/c1-3-32-25-19(8-11-30-14-15-31-13-10-27)20(16-23(34-25)24(28)26-9-12-29-2)21-17-33-22-7-5-4-6-18(21)22/h4-7,16-17,19-20,25,27H,3,8-15H2,1-2H3,(H,26,28)/t19-,20-,25+/m0/s1. The third-order valence-electron chi connectivity index (χ3n) is 5.60. The SMILES string of the molecule is CCO[C@@H]1OC(C(=O)NCCOC)=C[C@H](c2coc3ccccc23)[C@@H]1CCOCCOCCO. The Labute approximate surface area is 199 Å². The zero-order valence-electron chi connectivity index (χ0n) is 19.9. The van der Waals surface area contributed by atoms with Crippen molar-refractivity contribution in [1.29, 1.82) is 0 Å². The molecule has 0 radical (unpaired) electrons. The molecule has 0 fully saturated rings. The molecular weight excluding hydrogens is 442 g/mol. The highest BCUT2D eigenvalue weighted by atomic mass is 16.7. The van der Waals surface area contributed by atoms with E-state index < -0.39 is 6.29 Å². The summed E-state index contributed by atoms with van der Waals surface area (Å²) in [5.74, 6) is -0.365. The van der Waals surface area contributed by atoms with E-state index in [4.69, 9.17) is 33.2 Å². The van der Waals surface area contributed by atoms with Gasteiger partial charge in [0.15, 0.2) is 5.76 Å². The summed E-state index contributed by atoms with van der Waals surface area (Å²) >= 11 is 0. The Kier molecular flexibility index (Phi) is 10.8. The number of ether oxygens (including phenoxy) is 5. The van der Waals surface area contributed by atoms with Crippen molar-refractivity contribution < 1.29 is 38.0 Å². The summed E-state index contributed by atoms with van der Waals surface area (Å²) in [7, 11) is 1.58. The van der Waals surface area contributed by atoms with Gasteiger partial charge in [0, 0.05) is 49.7 Å². The van der Waals surface area contributed by atoms with Gasteiger partial charge < -0.3 is 38.5 Å². The van der Waals surface area contributed by atoms with Crippen molar-refractivity contribution in [2.75, 3.05) is 59.9 Å². The van der Waals surface area contributed by atoms with E-state index in [1.807, 2.05) is 37.3 Å². The summed E-state index contributed by atoms with van der Waals surface area (Å²) in [6.45, 7) is 4.72. The van der Waals surface area contributed by atoms with Gasteiger partial charge in [-0.05, 0) is 25.5 Å². The molecule has 0 spiro atoms. The number of para-hydroxylation sites is 1. The molecule has 1 aromatic carbocycles. The molecule has 1 aromatic heterocycles. The molecule has 2 aromatic rings. The molecule has 9 nitrogen and oxygen atoms in total. The molecule has 188 valence electrons. The first-order valence-corrected chi connectivity index (χ1v) is 11.7. The molecule has 0 saturated carbocycles. The number of aliphatic hydroxyl groups is 1. The minimum Gasteiger partial charge on any atom is -0.464 e. The predicted molar refractivity (Wildman–Crippen MR) is 125 cm³/mol. The van der Waals surface area contributed by atoms with Crippen LogP contribution in [-0.2, 0) is 28.5 Å². The van der Waals surface area contributed by atoms with Crippen LogP contribution in [-0.4, -0.2) is 77.2 Å². The second kappa shape index (κ2) is 14.1. The molecule has 3 atom stereocenters. The lowest BCUT2D eigenvalue weighted by atomic mass is 9.81. The van der Waals surface area contributed by atoms with E-state index in [1.54, 1.807) is 13.4 Å². The first kappa shape index (κ1) is 26.2. The molecule has 0 saturated heterocycles. The van der Waals surface area contributed by atoms with E-state index in [0.29, 0.717) is 52.6 Å². The molecule has 1 aliphatic rings. The Balaban J connectivity index is 1.82. The van der Waals surface area contributed by atoms with Crippen molar-refractivity contribution in [2.45, 2.75) is 25.6 Å². The number of amides is 1. The maximum atomic E-state index is 12.8. The van der Waals surface area contributed by atoms with Crippen LogP contribution < -0.4 is 5.32 Å². The van der Waals surface area contributed by atoms with Crippen LogP contribution in [0.5, 0.6) is 0 Å². The van der Waals surface area contributed by atoms with Crippen LogP contribution in [0.3, 0.4) is 0 Å². The predicted octanol–water partition coefficient (Wildman–Crippen LogP) is 2.59. The summed E-state index contributed by atoms with van der Waals surface area (Å²) in [4.78, 5) is 12.8. The first-order chi connectivity index (χ1) is 16.7. The number of fused-ring (bicyclic) bond motifs is 1. The average Bonchev–Trinajstić information content (AvgIpc) is 3.28. The van der Waals surface area contributed by atoms with Crippen molar-refractivity contribution >= 4 is 16.9 Å². The second-order valence-electron chi connectivity index (χ2n) is 7.84. The van der Waals surface area contributed by atoms with Gasteiger partial charge in [-0.15, -0.1) is 0 Å². The van der Waals surface area contributed by atoms with Gasteiger partial charge in [0.1, 0.15) is 5.58 Å². The highest BCUT2D eigenvalue weighted by Gasteiger charge is 2.39. The maximum Gasteiger partial charge on any atom is 0.286 e. The first-order valence-electron chi connectivity index (χ1n) is 11.7. The summed E-state index contributed by atoms with van der Waals surface area (Å²) in [6.07, 6.45) is 3.62. The number of methoxy groups -OCH3 is 1. The summed E-state index contributed by atoms with van der Waals surface area (Å²) in [5, 5.41) is 12.6. The Morgan fingerprint density at radius 2 is 1.91 bits per heavy atom. The van der Waals surface area contributed by atoms with Gasteiger partial charge in [-0.3, -0.25) is 4.79 Å². The zero-order chi connectivity index (χ0) is 24.2. The van der Waals surface area contributed by atoms with Gasteiger partial charge in [-0.2, -0.15) is 0 Å². The fourth-order valence-corrected chi connectivity index (χ4v) is 4.01. The number of carbonyl (C=O) groups excluding carboxylic acids is 1. The third kappa shape index (κ3) is 7.04. The van der Waals surface area contributed by atoms with Crippen LogP contribution in [0.4, 0.5) is 0 Å². The number of hydrogen-bond acceptors (Lipinski definition) is 8. The van der Waals surface area contributed by atoms with E-state index >= 15 is 0 Å². The molecule has 1 amide bonds. The van der Waals surface area contributed by atoms with E-state index in [2.05, 4.69) is 5.32 Å². The van der Waals surface area contributed by atoms with Crippen molar-refractivity contribution in [3.8, 4) is 0 Å². The van der Waals surface area contributed by atoms with Crippen LogP contribution in [0, 0.1) is 5.92 Å². The van der Waals surface area contributed by atoms with Crippen molar-refractivity contribution in [3.63, 3.8) is 0 Å². The molecule has 0 bridgehead atoms. The van der Waals surface area contributed by atoms with Gasteiger partial charge in [-0.1, -0.05) is 18.2 Å². The van der Waals surface area contributed by atoms with Crippen LogP contribution in [0.1, 0.15) is 24.8 Å². The Morgan fingerprint density at radius 3 is 2.68 bits per heavy atom. The van der Waals surface area contributed by atoms with Crippen molar-refractivity contribution in [3.05, 3.63) is 47.9 Å². The summed E-state index contributed by atoms with van der Waals surface area (Å²) in [6, 6.07) is 7.83. The van der Waals surface area contributed by atoms with Gasteiger partial charge in [0.25, 0.3) is 5.91 Å². The fraction of sp³-hybridized carbons (Fsp3) is 0.560. The lowest BCUT2D eigenvalue weighted by Crippen LogP contribution is -2.40. The molecule has 9 heteroatoms. The zero-order valence-corrected chi connectivity index (χ0v) is 19.9. The minimum atomic E-state index is -0.619. The van der Waals surface area contributed by atoms with Crippen LogP contribution in [0.15, 0.2) is 46.8 Å². The maximum absolute atomic E-state index is 12.8. The highest BCUT2D eigenvalue weighted by molar-refractivity contribution is 5.92. The number of allylic oxidation sites excluding steroid dienone is 1. The van der Waals surface area contributed by atoms with Crippen LogP contribution >= 0.6 is 0 Å². The minimum absolute atomic E-state index is 0.0104. The third-order valence-corrected chi connectivity index (χ3v) is 5.60. The Bertz CT molecular complexity index is 911. The normalized spacial score (nSPS) is 20.2. The highest BCUT2D eigenvalue weighted by Crippen LogP contribution is 2.41. The van der Waals surface area contributed by atoms with Gasteiger partial charge in [0.2, 0.25) is 6.29 Å². The number of rotatable bonds is 15. The van der Waals surface area contributed by atoms with Crippen LogP contribution in [0.25, 0.3) is 11.0 Å². The largest absolute Gasteiger partial charge is 0.464 e. The summed E-state index contributed by atoms with van der Waals surface area (Å²) < 4.78 is 33.8. The topological polar surface area (TPSA) is 109 Å². The number of hydrogen-bond donors (Lipinski definition) is 2. The molecule has 2 N–H and O–H groups in total. The lowest BCUT2D eigenvalue weighted by Gasteiger charge is -2.36. The molecule has 0 aliphatic carbocycles. The van der Waals surface area contributed by atoms with Crippen molar-refractivity contribution in [2.24, 2.45) is 5.92 Å². The number of furan rings is 1. The lowest BCUT2D eigenvalue weighted by molar-refractivity contribution is -0.168. The number of carbonyl (C=O) groups is 1. The quantitative estimate of drug-likeness (QED) is 0.377. The molecule has 1 aliphatic heterocycles. The monoisotopic (exact) mass is 477 g/mol. The van der Waals surface area contributed by atoms with Gasteiger partial charge in [-0.25, -0.2) is 0 Å². The molecule has 3 rings (SSSR count). The smallest absolute Gasteiger partial charge is 0.286 e. The van der Waals surface area contributed by atoms with E-state index in [9.17, 15) is 4.79 Å². The fourth-order valence-electron chi connectivity index (χ4n) is 4.01. The van der Waals surface area contributed by atoms with E-state index in [1.165, 1.54) is 0 Å². The van der Waals surface area contributed by atoms with E-state index in [-0.39, 0.29) is 30.1 Å². The second-order valence-corrected chi connectivity index (χ2v) is 7.84. The summed E-state index contributed by atoms with van der Waals surface area (Å²) in [5.41, 5.74) is 1.76. The van der Waals surface area contributed by atoms with E-state index in [0.717, 1.165) is 16.5 Å². The number of aliphatic hydroxyl groups excluding tert-OH is 1. The molecular formula is C25H35NO8. The van der Waals surface area contributed by atoms with Crippen molar-refractivity contribution in [1.82, 2.24) is 5.32 Å². The Hall–Kier alpha value is -2.43. The van der Waals surface area contributed by atoms with Gasteiger partial charge in [0.05, 0.1) is 39.3 Å². The Morgan fingerprint density at radius 1 is 1.12 bits per heavy atom. The van der Waals surface area contributed by atoms with Crippen LogP contribution in [0.2, 0.25) is 0 Å². The molecule has 34 heavy (non-hydrogen) atoms. The molecule has 0 unspecified atom stereocenters. The number of benzene rings is 1. The number of nitrogens with one attached hydrogen (secondary N) is 1.